The Bertz CT molecular complexity index is 163. The van der Waals surface area contributed by atoms with Crippen molar-refractivity contribution in [1.82, 2.24) is 5.43 Å². The molecule has 0 spiro atoms. The van der Waals surface area contributed by atoms with Crippen molar-refractivity contribution in [2.45, 2.75) is 26.3 Å². The predicted octanol–water partition coefficient (Wildman–Crippen LogP) is 1.26. The number of rotatable bonds is 1. The zero-order valence-electron chi connectivity index (χ0n) is 6.63. The molecule has 3 heteroatoms. The molecule has 1 unspecified atom stereocenters. The molecule has 0 bridgehead atoms. The molecule has 0 aromatic carbocycles. The summed E-state index contributed by atoms with van der Waals surface area (Å²) in [7, 11) is 0. The van der Waals surface area contributed by atoms with Crippen LogP contribution in [0.5, 0.6) is 0 Å². The minimum absolute atomic E-state index is 0. The van der Waals surface area contributed by atoms with Gasteiger partial charge in [-0.2, -0.15) is 5.10 Å². The Balaban J connectivity index is 0.000001000. The average Bonchev–Trinajstić information content (AvgIpc) is 1.89. The van der Waals surface area contributed by atoms with Crippen LogP contribution in [0.1, 0.15) is 22.2 Å². The smallest absolute Gasteiger partial charge is 0.104 e. The molecule has 1 rings (SSSR count). The Morgan fingerprint density at radius 1 is 1.60 bits per heavy atom. The molecule has 0 aromatic heterocycles. The highest BCUT2D eigenvalue weighted by molar-refractivity contribution is 5.76. The van der Waals surface area contributed by atoms with Gasteiger partial charge in [0, 0.05) is 1.43 Å². The van der Waals surface area contributed by atoms with E-state index in [2.05, 4.69) is 36.3 Å². The Morgan fingerprint density at radius 3 is 2.60 bits per heavy atom. The van der Waals surface area contributed by atoms with E-state index in [0.717, 1.165) is 0 Å². The molecule has 3 nitrogen and oxygen atoms in total. The third-order valence-corrected chi connectivity index (χ3v) is 1.97. The van der Waals surface area contributed by atoms with Crippen LogP contribution >= 0.6 is 0 Å². The molecular formula is C7H15N3. The fourth-order valence-electron chi connectivity index (χ4n) is 0.701. The van der Waals surface area contributed by atoms with Gasteiger partial charge in [-0.1, -0.05) is 13.8 Å². The molecule has 0 radical (unpaired) electrons. The van der Waals surface area contributed by atoms with Crippen molar-refractivity contribution in [2.75, 3.05) is 0 Å². The number of aliphatic imine (C=N–C) groups is 1. The van der Waals surface area contributed by atoms with E-state index >= 15 is 0 Å². The maximum absolute atomic E-state index is 4.28. The minimum atomic E-state index is -0.106. The molecule has 1 atom stereocenters. The second-order valence-electron chi connectivity index (χ2n) is 3.03. The van der Waals surface area contributed by atoms with Gasteiger partial charge < -0.3 is 0 Å². The summed E-state index contributed by atoms with van der Waals surface area (Å²) in [6.45, 7) is 6.34. The molecule has 1 aliphatic heterocycles. The maximum atomic E-state index is 4.28. The zero-order chi connectivity index (χ0) is 7.61. The van der Waals surface area contributed by atoms with Crippen LogP contribution in [-0.4, -0.2) is 18.1 Å². The summed E-state index contributed by atoms with van der Waals surface area (Å²) in [6, 6.07) is 0. The van der Waals surface area contributed by atoms with Crippen LogP contribution in [0.15, 0.2) is 10.1 Å². The summed E-state index contributed by atoms with van der Waals surface area (Å²) in [5.41, 5.74) is 2.57. The summed E-state index contributed by atoms with van der Waals surface area (Å²) in [6.07, 6.45) is 3.48. The fraction of sp³-hybridized carbons (Fsp3) is 0.714. The van der Waals surface area contributed by atoms with Crippen LogP contribution in [0.4, 0.5) is 0 Å². The molecule has 0 aromatic rings. The van der Waals surface area contributed by atoms with Gasteiger partial charge in [-0.3, -0.25) is 10.4 Å². The lowest BCUT2D eigenvalue weighted by Crippen LogP contribution is -2.35. The van der Waals surface area contributed by atoms with Gasteiger partial charge in [0.25, 0.3) is 0 Å². The normalized spacial score (nSPS) is 30.8. The third-order valence-electron chi connectivity index (χ3n) is 1.97. The third kappa shape index (κ3) is 1.17. The maximum Gasteiger partial charge on any atom is 0.104 e. The second-order valence-corrected chi connectivity index (χ2v) is 3.03. The van der Waals surface area contributed by atoms with E-state index in [1.165, 1.54) is 0 Å². The molecule has 1 N–H and O–H groups in total. The highest BCUT2D eigenvalue weighted by atomic mass is 15.3. The zero-order valence-corrected chi connectivity index (χ0v) is 6.63. The number of hydrazone groups is 1. The van der Waals surface area contributed by atoms with Gasteiger partial charge in [0.05, 0.1) is 11.8 Å². The number of nitrogens with one attached hydrogen (secondary N) is 1. The van der Waals surface area contributed by atoms with Crippen molar-refractivity contribution in [1.29, 1.82) is 0 Å². The fourth-order valence-corrected chi connectivity index (χ4v) is 0.701. The van der Waals surface area contributed by atoms with Crippen molar-refractivity contribution >= 4 is 12.6 Å². The Labute approximate surface area is 62.7 Å². The van der Waals surface area contributed by atoms with E-state index in [-0.39, 0.29) is 6.97 Å². The SMILES string of the molecule is CC(C)C1(C)C=NNC=N1.[HH]. The minimum Gasteiger partial charge on any atom is -0.268 e. The summed E-state index contributed by atoms with van der Waals surface area (Å²) < 4.78 is 0. The van der Waals surface area contributed by atoms with E-state index in [0.29, 0.717) is 5.92 Å². The first kappa shape index (κ1) is 7.25. The molecule has 58 valence electrons. The quantitative estimate of drug-likeness (QED) is 0.586. The van der Waals surface area contributed by atoms with Gasteiger partial charge in [0.2, 0.25) is 0 Å². The topological polar surface area (TPSA) is 36.8 Å². The first-order valence-electron chi connectivity index (χ1n) is 3.48. The van der Waals surface area contributed by atoms with E-state index in [1.807, 2.05) is 6.21 Å². The van der Waals surface area contributed by atoms with Crippen molar-refractivity contribution < 1.29 is 1.43 Å². The van der Waals surface area contributed by atoms with Crippen LogP contribution in [0.3, 0.4) is 0 Å². The van der Waals surface area contributed by atoms with Crippen LogP contribution < -0.4 is 5.43 Å². The molecule has 0 amide bonds. The molecule has 1 aliphatic rings. The highest BCUT2D eigenvalue weighted by Crippen LogP contribution is 2.19. The lowest BCUT2D eigenvalue weighted by molar-refractivity contribution is 0.453. The summed E-state index contributed by atoms with van der Waals surface area (Å²) in [5.74, 6) is 0.495. The highest BCUT2D eigenvalue weighted by Gasteiger charge is 2.25. The van der Waals surface area contributed by atoms with Gasteiger partial charge >= 0.3 is 0 Å². The van der Waals surface area contributed by atoms with Gasteiger partial charge in [-0.05, 0) is 12.8 Å². The van der Waals surface area contributed by atoms with Crippen LogP contribution in [0.2, 0.25) is 0 Å². The van der Waals surface area contributed by atoms with E-state index in [1.54, 1.807) is 6.34 Å². The molecule has 0 aliphatic carbocycles. The van der Waals surface area contributed by atoms with Gasteiger partial charge in [-0.25, -0.2) is 0 Å². The van der Waals surface area contributed by atoms with Crippen molar-refractivity contribution in [2.24, 2.45) is 16.0 Å². The lowest BCUT2D eigenvalue weighted by Gasteiger charge is -2.26. The van der Waals surface area contributed by atoms with Gasteiger partial charge in [0.1, 0.15) is 6.34 Å². The second kappa shape index (κ2) is 2.40. The standard InChI is InChI=1S/C7H13N3.H2/c1-6(2)7(3)4-9-10-5-8-7;/h4-6H,1-3H3,(H,8,10);1H. The van der Waals surface area contributed by atoms with Crippen LogP contribution in [0, 0.1) is 5.92 Å². The van der Waals surface area contributed by atoms with Crippen LogP contribution in [-0.2, 0) is 0 Å². The van der Waals surface area contributed by atoms with E-state index in [4.69, 9.17) is 0 Å². The van der Waals surface area contributed by atoms with E-state index in [9.17, 15) is 0 Å². The lowest BCUT2D eigenvalue weighted by atomic mass is 9.90. The number of hydrogen-bond acceptors (Lipinski definition) is 3. The first-order valence-corrected chi connectivity index (χ1v) is 3.48. The molecular weight excluding hydrogens is 126 g/mol. The molecule has 1 heterocycles. The van der Waals surface area contributed by atoms with Crippen molar-refractivity contribution in [3.8, 4) is 0 Å². The summed E-state index contributed by atoms with van der Waals surface area (Å²) >= 11 is 0. The predicted molar refractivity (Wildman–Crippen MR) is 45.5 cm³/mol. The van der Waals surface area contributed by atoms with Crippen LogP contribution in [0.25, 0.3) is 0 Å². The largest absolute Gasteiger partial charge is 0.268 e. The summed E-state index contributed by atoms with van der Waals surface area (Å²) in [4.78, 5) is 4.28. The number of hydrogen-bond donors (Lipinski definition) is 1. The molecule has 0 saturated heterocycles. The Hall–Kier alpha value is -0.860. The number of nitrogens with zero attached hydrogens (tertiary/aromatic N) is 2. The first-order chi connectivity index (χ1) is 4.65. The monoisotopic (exact) mass is 141 g/mol. The molecule has 0 saturated carbocycles. The Kier molecular flexibility index (Phi) is 1.74. The Morgan fingerprint density at radius 2 is 2.30 bits per heavy atom. The van der Waals surface area contributed by atoms with Crippen molar-refractivity contribution in [3.63, 3.8) is 0 Å². The van der Waals surface area contributed by atoms with Gasteiger partial charge in [0.15, 0.2) is 0 Å². The van der Waals surface area contributed by atoms with Gasteiger partial charge in [-0.15, -0.1) is 0 Å². The van der Waals surface area contributed by atoms with E-state index < -0.39 is 0 Å². The summed E-state index contributed by atoms with van der Waals surface area (Å²) in [5, 5.41) is 3.93. The molecule has 10 heavy (non-hydrogen) atoms. The van der Waals surface area contributed by atoms with Crippen molar-refractivity contribution in [3.05, 3.63) is 0 Å². The molecule has 0 fully saturated rings. The average molecular weight is 141 g/mol.